The summed E-state index contributed by atoms with van der Waals surface area (Å²) in [6.07, 6.45) is 2.86. The number of hydrogen-bond donors (Lipinski definition) is 0. The van der Waals surface area contributed by atoms with E-state index in [1.54, 1.807) is 6.92 Å². The monoisotopic (exact) mass is 333 g/mol. The molecule has 0 N–H and O–H groups in total. The average Bonchev–Trinajstić information content (AvgIpc) is 2.49. The highest BCUT2D eigenvalue weighted by Gasteiger charge is 2.29. The van der Waals surface area contributed by atoms with Crippen LogP contribution in [0.3, 0.4) is 0 Å². The van der Waals surface area contributed by atoms with Gasteiger partial charge < -0.3 is 0 Å². The van der Waals surface area contributed by atoms with E-state index in [2.05, 4.69) is 6.92 Å². The number of piperidine rings is 1. The molecule has 1 fully saturated rings. The Labute approximate surface area is 131 Å². The normalized spacial score (nSPS) is 18.1. The van der Waals surface area contributed by atoms with Crippen molar-refractivity contribution in [3.05, 3.63) is 29.1 Å². The lowest BCUT2D eigenvalue weighted by atomic mass is 9.96. The summed E-state index contributed by atoms with van der Waals surface area (Å²) in [5, 5.41) is 0. The summed E-state index contributed by atoms with van der Waals surface area (Å²) >= 11 is 5.70. The highest BCUT2D eigenvalue weighted by molar-refractivity contribution is 7.89. The van der Waals surface area contributed by atoms with Crippen LogP contribution in [0.1, 0.15) is 37.3 Å². The van der Waals surface area contributed by atoms with Crippen molar-refractivity contribution < 1.29 is 12.8 Å². The van der Waals surface area contributed by atoms with Crippen LogP contribution in [-0.2, 0) is 15.9 Å². The Morgan fingerprint density at radius 3 is 2.48 bits per heavy atom. The van der Waals surface area contributed by atoms with E-state index in [1.807, 2.05) is 0 Å². The second kappa shape index (κ2) is 6.63. The molecular weight excluding hydrogens is 313 g/mol. The second-order valence-electron chi connectivity index (χ2n) is 5.60. The molecule has 0 atom stereocenters. The zero-order valence-electron chi connectivity index (χ0n) is 12.4. The Balaban J connectivity index is 2.30. The van der Waals surface area contributed by atoms with Crippen LogP contribution in [0.4, 0.5) is 4.39 Å². The molecule has 0 saturated carbocycles. The Morgan fingerprint density at radius 1 is 1.33 bits per heavy atom. The lowest BCUT2D eigenvalue weighted by Gasteiger charge is -2.30. The van der Waals surface area contributed by atoms with Crippen molar-refractivity contribution in [1.82, 2.24) is 4.31 Å². The molecule has 0 aliphatic carbocycles. The second-order valence-corrected chi connectivity index (χ2v) is 7.81. The molecule has 6 heteroatoms. The van der Waals surface area contributed by atoms with Gasteiger partial charge in [-0.3, -0.25) is 0 Å². The fraction of sp³-hybridized carbons (Fsp3) is 0.600. The summed E-state index contributed by atoms with van der Waals surface area (Å²) < 4.78 is 40.7. The molecule has 1 aliphatic rings. The third-order valence-corrected chi connectivity index (χ3v) is 6.40. The van der Waals surface area contributed by atoms with Gasteiger partial charge in [-0.05, 0) is 43.4 Å². The van der Waals surface area contributed by atoms with Crippen molar-refractivity contribution in [3.8, 4) is 0 Å². The molecule has 0 unspecified atom stereocenters. The SMILES string of the molecule is CCC1CCN(S(=O)(=O)c2cc(C)c(F)c(CCl)c2)CC1. The third kappa shape index (κ3) is 3.41. The molecular formula is C15H21ClFNO2S. The van der Waals surface area contributed by atoms with E-state index in [1.165, 1.54) is 16.4 Å². The highest BCUT2D eigenvalue weighted by atomic mass is 35.5. The number of sulfonamides is 1. The first kappa shape index (κ1) is 16.7. The van der Waals surface area contributed by atoms with Gasteiger partial charge >= 0.3 is 0 Å². The number of hydrogen-bond acceptors (Lipinski definition) is 2. The van der Waals surface area contributed by atoms with Crippen molar-refractivity contribution in [2.75, 3.05) is 13.1 Å². The lowest BCUT2D eigenvalue weighted by molar-refractivity contribution is 0.269. The number of aryl methyl sites for hydroxylation is 1. The molecule has 1 saturated heterocycles. The van der Waals surface area contributed by atoms with Gasteiger partial charge in [-0.1, -0.05) is 13.3 Å². The van der Waals surface area contributed by atoms with Crippen molar-refractivity contribution in [2.45, 2.75) is 43.9 Å². The fourth-order valence-electron chi connectivity index (χ4n) is 2.76. The molecule has 0 aromatic heterocycles. The van der Waals surface area contributed by atoms with Crippen molar-refractivity contribution in [3.63, 3.8) is 0 Å². The average molecular weight is 334 g/mol. The number of benzene rings is 1. The number of halogens is 2. The van der Waals surface area contributed by atoms with Gasteiger partial charge in [0.15, 0.2) is 0 Å². The van der Waals surface area contributed by atoms with Crippen LogP contribution in [0.2, 0.25) is 0 Å². The fourth-order valence-corrected chi connectivity index (χ4v) is 4.56. The highest BCUT2D eigenvalue weighted by Crippen LogP contribution is 2.27. The molecule has 1 heterocycles. The Kier molecular flexibility index (Phi) is 5.28. The van der Waals surface area contributed by atoms with E-state index < -0.39 is 15.8 Å². The maximum Gasteiger partial charge on any atom is 0.243 e. The van der Waals surface area contributed by atoms with Crippen LogP contribution < -0.4 is 0 Å². The van der Waals surface area contributed by atoms with Crippen LogP contribution in [0.5, 0.6) is 0 Å². The van der Waals surface area contributed by atoms with Gasteiger partial charge in [0, 0.05) is 18.7 Å². The van der Waals surface area contributed by atoms with E-state index in [4.69, 9.17) is 11.6 Å². The number of nitrogens with zero attached hydrogens (tertiary/aromatic N) is 1. The molecule has 1 aliphatic heterocycles. The molecule has 1 aromatic rings. The molecule has 3 nitrogen and oxygen atoms in total. The minimum absolute atomic E-state index is 0.0338. The van der Waals surface area contributed by atoms with E-state index >= 15 is 0 Å². The molecule has 0 bridgehead atoms. The first-order chi connectivity index (χ1) is 9.90. The quantitative estimate of drug-likeness (QED) is 0.788. The molecule has 1 aromatic carbocycles. The standard InChI is InChI=1S/C15H21ClFNO2S/c1-3-12-4-6-18(7-5-12)21(19,20)14-8-11(2)15(17)13(9-14)10-16/h8-9,12H,3-7,10H2,1-2H3. The van der Waals surface area contributed by atoms with Gasteiger partial charge in [0.05, 0.1) is 10.8 Å². The van der Waals surface area contributed by atoms with Gasteiger partial charge in [0.25, 0.3) is 0 Å². The van der Waals surface area contributed by atoms with Crippen molar-refractivity contribution in [2.24, 2.45) is 5.92 Å². The zero-order chi connectivity index (χ0) is 15.6. The van der Waals surface area contributed by atoms with Crippen LogP contribution >= 0.6 is 11.6 Å². The summed E-state index contributed by atoms with van der Waals surface area (Å²) in [6.45, 7) is 4.76. The molecule has 0 amide bonds. The summed E-state index contributed by atoms with van der Waals surface area (Å²) in [5.41, 5.74) is 0.550. The minimum atomic E-state index is -3.56. The smallest absolute Gasteiger partial charge is 0.207 e. The summed E-state index contributed by atoms with van der Waals surface area (Å²) in [4.78, 5) is 0.145. The topological polar surface area (TPSA) is 37.4 Å². The summed E-state index contributed by atoms with van der Waals surface area (Å²) in [5.74, 6) is 0.145. The van der Waals surface area contributed by atoms with E-state index in [0.29, 0.717) is 24.6 Å². The first-order valence-electron chi connectivity index (χ1n) is 7.25. The molecule has 21 heavy (non-hydrogen) atoms. The predicted octanol–water partition coefficient (Wildman–Crippen LogP) is 3.68. The van der Waals surface area contributed by atoms with Crippen LogP contribution in [-0.4, -0.2) is 25.8 Å². The van der Waals surface area contributed by atoms with Gasteiger partial charge in [-0.2, -0.15) is 4.31 Å². The van der Waals surface area contributed by atoms with Crippen LogP contribution in [0, 0.1) is 18.7 Å². The van der Waals surface area contributed by atoms with Crippen LogP contribution in [0.15, 0.2) is 17.0 Å². The van der Waals surface area contributed by atoms with Crippen molar-refractivity contribution >= 4 is 21.6 Å². The molecule has 0 spiro atoms. The molecule has 2 rings (SSSR count). The minimum Gasteiger partial charge on any atom is -0.207 e. The Bertz CT molecular complexity index is 610. The van der Waals surface area contributed by atoms with E-state index in [0.717, 1.165) is 19.3 Å². The maximum absolute atomic E-state index is 13.8. The Morgan fingerprint density at radius 2 is 1.95 bits per heavy atom. The number of alkyl halides is 1. The van der Waals surface area contributed by atoms with Crippen molar-refractivity contribution in [1.29, 1.82) is 0 Å². The summed E-state index contributed by atoms with van der Waals surface area (Å²) in [7, 11) is -3.56. The molecule has 118 valence electrons. The van der Waals surface area contributed by atoms with Gasteiger partial charge in [-0.15, -0.1) is 11.6 Å². The first-order valence-corrected chi connectivity index (χ1v) is 9.22. The van der Waals surface area contributed by atoms with Gasteiger partial charge in [0.2, 0.25) is 10.0 Å². The number of rotatable bonds is 4. The largest absolute Gasteiger partial charge is 0.243 e. The van der Waals surface area contributed by atoms with E-state index in [-0.39, 0.29) is 16.3 Å². The maximum atomic E-state index is 13.8. The van der Waals surface area contributed by atoms with Gasteiger partial charge in [-0.25, -0.2) is 12.8 Å². The zero-order valence-corrected chi connectivity index (χ0v) is 14.0. The van der Waals surface area contributed by atoms with E-state index in [9.17, 15) is 12.8 Å². The summed E-state index contributed by atoms with van der Waals surface area (Å²) in [6, 6.07) is 2.75. The predicted molar refractivity (Wildman–Crippen MR) is 82.5 cm³/mol. The Hall–Kier alpha value is -0.650. The lowest BCUT2D eigenvalue weighted by Crippen LogP contribution is -2.38. The van der Waals surface area contributed by atoms with Gasteiger partial charge in [0.1, 0.15) is 5.82 Å². The molecule has 0 radical (unpaired) electrons. The van der Waals surface area contributed by atoms with Crippen LogP contribution in [0.25, 0.3) is 0 Å². The third-order valence-electron chi connectivity index (χ3n) is 4.24.